The van der Waals surface area contributed by atoms with Crippen LogP contribution in [-0.2, 0) is 9.57 Å². The average Bonchev–Trinajstić information content (AvgIpc) is 2.98. The van der Waals surface area contributed by atoms with Crippen molar-refractivity contribution in [3.8, 4) is 0 Å². The van der Waals surface area contributed by atoms with Gasteiger partial charge in [-0.2, -0.15) is 4.84 Å². The van der Waals surface area contributed by atoms with Gasteiger partial charge in [-0.25, -0.2) is 0 Å². The van der Waals surface area contributed by atoms with Crippen molar-refractivity contribution in [1.82, 2.24) is 10.6 Å². The zero-order valence-corrected chi connectivity index (χ0v) is 10.8. The van der Waals surface area contributed by atoms with Crippen molar-refractivity contribution in [1.29, 1.82) is 0 Å². The molecule has 0 amide bonds. The van der Waals surface area contributed by atoms with Crippen LogP contribution in [0.25, 0.3) is 0 Å². The molecule has 0 aromatic carbocycles. The van der Waals surface area contributed by atoms with Gasteiger partial charge in [0.25, 0.3) is 4.98 Å². The highest BCUT2D eigenvalue weighted by molar-refractivity contribution is 4.88. The van der Waals surface area contributed by atoms with Gasteiger partial charge in [-0.1, -0.05) is 0 Å². The smallest absolute Gasteiger partial charge is 0.274 e. The Balaban J connectivity index is 1.86. The molecule has 2 aliphatic rings. The normalized spacial score (nSPS) is 38.0. The molecule has 0 aromatic heterocycles. The topological polar surface area (TPSA) is 135 Å². The van der Waals surface area contributed by atoms with Crippen LogP contribution in [0.4, 0.5) is 0 Å². The summed E-state index contributed by atoms with van der Waals surface area (Å²) in [6.07, 6.45) is -5.21. The highest BCUT2D eigenvalue weighted by Gasteiger charge is 2.45. The Kier molecular flexibility index (Phi) is 5.07. The van der Waals surface area contributed by atoms with Crippen LogP contribution >= 0.6 is 0 Å². The van der Waals surface area contributed by atoms with E-state index >= 15 is 0 Å². The third-order valence-electron chi connectivity index (χ3n) is 3.43. The first-order valence-electron chi connectivity index (χ1n) is 6.48. The number of aliphatic hydroxyl groups is 4. The third-order valence-corrected chi connectivity index (χ3v) is 3.43. The number of nitroso groups, excluding NO2 is 1. The van der Waals surface area contributed by atoms with Gasteiger partial charge in [0.1, 0.15) is 24.4 Å². The van der Waals surface area contributed by atoms with E-state index in [-0.39, 0.29) is 0 Å². The molecular weight excluding hydrogens is 274 g/mol. The summed E-state index contributed by atoms with van der Waals surface area (Å²) >= 11 is 0. The number of nitrogens with one attached hydrogen (secondary N) is 1. The zero-order chi connectivity index (χ0) is 14.7. The van der Waals surface area contributed by atoms with E-state index in [1.807, 2.05) is 5.59 Å². The van der Waals surface area contributed by atoms with Crippen molar-refractivity contribution in [3.63, 3.8) is 0 Å². The van der Waals surface area contributed by atoms with Crippen molar-refractivity contribution < 1.29 is 35.0 Å². The Hall–Kier alpha value is -1.04. The Labute approximate surface area is 115 Å². The van der Waals surface area contributed by atoms with E-state index in [0.29, 0.717) is 18.1 Å². The Morgan fingerprint density at radius 3 is 2.45 bits per heavy atom. The van der Waals surface area contributed by atoms with Crippen molar-refractivity contribution in [2.75, 3.05) is 19.7 Å². The van der Waals surface area contributed by atoms with Gasteiger partial charge >= 0.3 is 0 Å². The maximum absolute atomic E-state index is 11.6. The molecule has 10 nitrogen and oxygen atoms in total. The van der Waals surface area contributed by atoms with Gasteiger partial charge in [0, 0.05) is 5.59 Å². The van der Waals surface area contributed by atoms with Gasteiger partial charge in [0.2, 0.25) is 6.29 Å². The van der Waals surface area contributed by atoms with Gasteiger partial charge in [0.15, 0.2) is 0 Å². The van der Waals surface area contributed by atoms with E-state index in [9.17, 15) is 20.2 Å². The summed E-state index contributed by atoms with van der Waals surface area (Å²) in [6, 6.07) is 0. The van der Waals surface area contributed by atoms with E-state index in [4.69, 9.17) is 14.7 Å². The number of rotatable bonds is 5. The summed E-state index contributed by atoms with van der Waals surface area (Å²) in [7, 11) is 0. The maximum Gasteiger partial charge on any atom is 0.274 e. The highest BCUT2D eigenvalue weighted by atomic mass is 16.8. The van der Waals surface area contributed by atoms with E-state index < -0.39 is 37.3 Å². The Morgan fingerprint density at radius 2 is 1.85 bits per heavy atom. The Bertz CT molecular complexity index is 337. The summed E-state index contributed by atoms with van der Waals surface area (Å²) < 4.78 is 5.06. The molecule has 2 fully saturated rings. The predicted molar refractivity (Wildman–Crippen MR) is 62.4 cm³/mol. The van der Waals surface area contributed by atoms with Crippen molar-refractivity contribution in [2.24, 2.45) is 0 Å². The third kappa shape index (κ3) is 3.16. The van der Waals surface area contributed by atoms with Gasteiger partial charge in [-0.05, 0) is 12.8 Å². The first-order valence-corrected chi connectivity index (χ1v) is 6.48. The first-order chi connectivity index (χ1) is 9.54. The zero-order valence-electron chi connectivity index (χ0n) is 10.8. The fourth-order valence-electron chi connectivity index (χ4n) is 2.20. The van der Waals surface area contributed by atoms with Crippen LogP contribution < -0.4 is 5.59 Å². The average molecular weight is 294 g/mol. The van der Waals surface area contributed by atoms with E-state index in [2.05, 4.69) is 0 Å². The van der Waals surface area contributed by atoms with E-state index in [1.54, 1.807) is 0 Å². The number of nitrogens with zero attached hydrogens (tertiary/aromatic N) is 2. The van der Waals surface area contributed by atoms with Gasteiger partial charge in [-0.15, -0.1) is 5.01 Å². The van der Waals surface area contributed by atoms with Crippen molar-refractivity contribution in [2.45, 2.75) is 43.5 Å². The maximum atomic E-state index is 11.6. The largest absolute Gasteiger partial charge is 0.394 e. The van der Waals surface area contributed by atoms with Crippen LogP contribution in [-0.4, -0.2) is 80.8 Å². The van der Waals surface area contributed by atoms with Crippen molar-refractivity contribution in [3.05, 3.63) is 4.91 Å². The van der Waals surface area contributed by atoms with Gasteiger partial charge in [-0.3, -0.25) is 0 Å². The number of ether oxygens (including phenoxy) is 1. The molecule has 0 aliphatic carbocycles. The first kappa shape index (κ1) is 15.4. The Morgan fingerprint density at radius 1 is 1.20 bits per heavy atom. The summed E-state index contributed by atoms with van der Waals surface area (Å²) in [5.41, 5.74) is 2.05. The number of hydrazine groups is 2. The van der Waals surface area contributed by atoms with E-state index in [0.717, 1.165) is 12.8 Å². The monoisotopic (exact) mass is 294 g/mol. The van der Waals surface area contributed by atoms with Crippen LogP contribution in [0.15, 0.2) is 0 Å². The van der Waals surface area contributed by atoms with Gasteiger partial charge in [0.05, 0.1) is 24.6 Å². The molecule has 0 saturated carbocycles. The second-order valence-electron chi connectivity index (χ2n) is 4.84. The number of aliphatic hydroxyl groups excluding tert-OH is 4. The highest BCUT2D eigenvalue weighted by Crippen LogP contribution is 2.21. The molecule has 0 bridgehead atoms. The fourth-order valence-corrected chi connectivity index (χ4v) is 2.20. The quantitative estimate of drug-likeness (QED) is 0.266. The van der Waals surface area contributed by atoms with Crippen LogP contribution in [0.5, 0.6) is 0 Å². The summed E-state index contributed by atoms with van der Waals surface area (Å²) in [4.78, 5) is 16.9. The lowest BCUT2D eigenvalue weighted by atomic mass is 9.99. The molecule has 2 aliphatic heterocycles. The molecule has 0 spiro atoms. The lowest BCUT2D eigenvalue weighted by Gasteiger charge is -2.38. The second-order valence-corrected chi connectivity index (χ2v) is 4.84. The van der Waals surface area contributed by atoms with Crippen LogP contribution in [0.1, 0.15) is 12.8 Å². The molecule has 0 aromatic rings. The van der Waals surface area contributed by atoms with Crippen LogP contribution in [0.2, 0.25) is 0 Å². The molecule has 5 atom stereocenters. The second kappa shape index (κ2) is 6.61. The van der Waals surface area contributed by atoms with Crippen LogP contribution in [0, 0.1) is 4.91 Å². The van der Waals surface area contributed by atoms with Gasteiger partial charge < -0.3 is 25.2 Å². The molecule has 2 saturated heterocycles. The molecule has 0 radical (unpaired) electrons. The van der Waals surface area contributed by atoms with E-state index in [1.165, 1.54) is 5.01 Å². The summed E-state index contributed by atoms with van der Waals surface area (Å²) in [5, 5.41) is 39.3. The fraction of sp³-hybridized carbons (Fsp3) is 1.00. The molecule has 2 rings (SSSR count). The minimum Gasteiger partial charge on any atom is -0.394 e. The summed E-state index contributed by atoms with van der Waals surface area (Å²) in [5.74, 6) is 0. The minimum absolute atomic E-state index is 0.383. The number of hydrogen-bond donors (Lipinski definition) is 5. The molecule has 10 heteroatoms. The lowest BCUT2D eigenvalue weighted by Crippen LogP contribution is -2.60. The minimum atomic E-state index is -1.55. The van der Waals surface area contributed by atoms with Crippen LogP contribution in [0.3, 0.4) is 0 Å². The molecule has 5 N–H and O–H groups in total. The summed E-state index contributed by atoms with van der Waals surface area (Å²) in [6.45, 7) is 0.626. The standard InChI is InChI=1S/C10H20N3O7/c14-5-6-7(15)8(16)9(17)10(19-6)20-11-13(18)12-3-1-2-4-12/h6-10,14-17H,1-5H2,(H,11,18)/q+1/t6-,7+,8+,9-,10+/m1/s1. The lowest BCUT2D eigenvalue weighted by molar-refractivity contribution is -0.791. The van der Waals surface area contributed by atoms with Crippen molar-refractivity contribution >= 4 is 0 Å². The molecular formula is C10H20N3O7+. The molecule has 116 valence electrons. The number of hydrogen-bond acceptors (Lipinski definition) is 7. The molecule has 2 heterocycles. The SMILES string of the molecule is O=[N+](NO[C@@H]1O[C@H](CO)[C@H](O)[C@H](O)[C@H]1O)N1CCCC1. The molecule has 0 unspecified atom stereocenters. The molecule has 20 heavy (non-hydrogen) atoms. The predicted octanol–water partition coefficient (Wildman–Crippen LogP) is -2.99.